The molecule has 0 radical (unpaired) electrons. The number of ether oxygens (including phenoxy) is 1. The van der Waals surface area contributed by atoms with Gasteiger partial charge >= 0.3 is 5.97 Å². The van der Waals surface area contributed by atoms with Gasteiger partial charge in [-0.1, -0.05) is 66.7 Å². The van der Waals surface area contributed by atoms with Gasteiger partial charge < -0.3 is 4.74 Å². The minimum absolute atomic E-state index is 0.229. The largest absolute Gasteiger partial charge is 0.456 e. The lowest BCUT2D eigenvalue weighted by atomic mass is 10.1. The second kappa shape index (κ2) is 6.84. The first kappa shape index (κ1) is 16.1. The van der Waals surface area contributed by atoms with Crippen LogP contribution in [0.1, 0.15) is 21.6 Å². The highest BCUT2D eigenvalue weighted by Crippen LogP contribution is 2.25. The van der Waals surface area contributed by atoms with E-state index in [1.165, 1.54) is 0 Å². The van der Waals surface area contributed by atoms with Crippen LogP contribution in [0, 0.1) is 6.92 Å². The molecule has 26 heavy (non-hydrogen) atoms. The quantitative estimate of drug-likeness (QED) is 0.506. The van der Waals surface area contributed by atoms with Crippen LogP contribution >= 0.6 is 0 Å². The molecule has 4 rings (SSSR count). The summed E-state index contributed by atoms with van der Waals surface area (Å²) in [6, 6.07) is 23.3. The second-order valence-electron chi connectivity index (χ2n) is 6.17. The highest BCUT2D eigenvalue weighted by molar-refractivity contribution is 5.96. The fourth-order valence-electron chi connectivity index (χ4n) is 2.93. The van der Waals surface area contributed by atoms with E-state index in [1.54, 1.807) is 0 Å². The molecule has 0 amide bonds. The van der Waals surface area contributed by atoms with Crippen molar-refractivity contribution < 1.29 is 9.53 Å². The summed E-state index contributed by atoms with van der Waals surface area (Å²) in [5.74, 6) is -0.384. The fraction of sp³-hybridized carbons (Fsp3) is 0.0909. The highest BCUT2D eigenvalue weighted by atomic mass is 16.5. The van der Waals surface area contributed by atoms with Crippen LogP contribution in [0.25, 0.3) is 16.9 Å². The Morgan fingerprint density at radius 2 is 1.65 bits per heavy atom. The molecule has 0 aliphatic rings. The number of fused-ring (bicyclic) bond motifs is 1. The van der Waals surface area contributed by atoms with E-state index in [2.05, 4.69) is 4.98 Å². The molecule has 2 aromatic heterocycles. The molecule has 0 aliphatic heterocycles. The Morgan fingerprint density at radius 1 is 0.962 bits per heavy atom. The van der Waals surface area contributed by atoms with E-state index in [0.717, 1.165) is 22.3 Å². The van der Waals surface area contributed by atoms with Crippen molar-refractivity contribution in [2.24, 2.45) is 0 Å². The van der Waals surface area contributed by atoms with E-state index in [1.807, 2.05) is 90.3 Å². The lowest BCUT2D eigenvalue weighted by Gasteiger charge is -2.07. The lowest BCUT2D eigenvalue weighted by molar-refractivity contribution is 0.0465. The van der Waals surface area contributed by atoms with Crippen LogP contribution in [0.3, 0.4) is 0 Å². The number of imidazole rings is 1. The van der Waals surface area contributed by atoms with E-state index in [4.69, 9.17) is 4.74 Å². The van der Waals surface area contributed by atoms with Gasteiger partial charge in [-0.05, 0) is 24.1 Å². The summed E-state index contributed by atoms with van der Waals surface area (Å²) in [7, 11) is 0. The third-order valence-corrected chi connectivity index (χ3v) is 4.22. The predicted octanol–water partition coefficient (Wildman–Crippen LogP) is 4.67. The maximum Gasteiger partial charge on any atom is 0.357 e. The number of esters is 1. The van der Waals surface area contributed by atoms with E-state index >= 15 is 0 Å². The average molecular weight is 342 g/mol. The number of hydrogen-bond acceptors (Lipinski definition) is 3. The first-order valence-corrected chi connectivity index (χ1v) is 8.47. The maximum absolute atomic E-state index is 12.9. The monoisotopic (exact) mass is 342 g/mol. The molecule has 4 nitrogen and oxygen atoms in total. The van der Waals surface area contributed by atoms with Crippen LogP contribution in [0.2, 0.25) is 0 Å². The van der Waals surface area contributed by atoms with Crippen molar-refractivity contribution in [1.82, 2.24) is 9.38 Å². The van der Waals surface area contributed by atoms with Crippen LogP contribution < -0.4 is 0 Å². The zero-order chi connectivity index (χ0) is 17.9. The summed E-state index contributed by atoms with van der Waals surface area (Å²) in [5.41, 5.74) is 4.69. The Morgan fingerprint density at radius 3 is 2.38 bits per heavy atom. The van der Waals surface area contributed by atoms with Crippen molar-refractivity contribution in [1.29, 1.82) is 0 Å². The molecule has 0 saturated carbocycles. The van der Waals surface area contributed by atoms with Gasteiger partial charge in [0.25, 0.3) is 0 Å². The lowest BCUT2D eigenvalue weighted by Crippen LogP contribution is -2.10. The molecule has 2 aromatic carbocycles. The normalized spacial score (nSPS) is 10.8. The topological polar surface area (TPSA) is 43.6 Å². The number of benzene rings is 2. The zero-order valence-corrected chi connectivity index (χ0v) is 14.4. The molecule has 0 unspecified atom stereocenters. The van der Waals surface area contributed by atoms with E-state index in [-0.39, 0.29) is 12.6 Å². The average Bonchev–Trinajstić information content (AvgIpc) is 3.06. The minimum Gasteiger partial charge on any atom is -0.456 e. The summed E-state index contributed by atoms with van der Waals surface area (Å²) in [4.78, 5) is 17.6. The first-order chi connectivity index (χ1) is 12.7. The van der Waals surface area contributed by atoms with Gasteiger partial charge in [-0.25, -0.2) is 9.78 Å². The van der Waals surface area contributed by atoms with Gasteiger partial charge in [0.15, 0.2) is 5.69 Å². The Labute approximate surface area is 151 Å². The van der Waals surface area contributed by atoms with Gasteiger partial charge in [0.2, 0.25) is 0 Å². The molecule has 0 N–H and O–H groups in total. The Hall–Kier alpha value is -3.40. The van der Waals surface area contributed by atoms with Gasteiger partial charge in [0.05, 0.1) is 0 Å². The van der Waals surface area contributed by atoms with Gasteiger partial charge in [0.1, 0.15) is 17.9 Å². The molecule has 0 spiro atoms. The molecule has 0 saturated heterocycles. The van der Waals surface area contributed by atoms with E-state index < -0.39 is 0 Å². The number of carbonyl (C=O) groups excluding carboxylic acids is 1. The third-order valence-electron chi connectivity index (χ3n) is 4.22. The van der Waals surface area contributed by atoms with Crippen LogP contribution in [-0.2, 0) is 11.3 Å². The second-order valence-corrected chi connectivity index (χ2v) is 6.17. The third kappa shape index (κ3) is 3.09. The summed E-state index contributed by atoms with van der Waals surface area (Å²) in [6.45, 7) is 2.22. The molecule has 0 fully saturated rings. The van der Waals surface area contributed by atoms with Crippen molar-refractivity contribution in [3.05, 3.63) is 95.8 Å². The Bertz CT molecular complexity index is 1050. The van der Waals surface area contributed by atoms with E-state index in [9.17, 15) is 4.79 Å². The number of aromatic nitrogens is 2. The molecule has 0 aliphatic carbocycles. The molecule has 0 atom stereocenters. The van der Waals surface area contributed by atoms with Crippen LogP contribution in [0.5, 0.6) is 0 Å². The number of carbonyl (C=O) groups is 1. The standard InChI is InChI=1S/C22H18N2O2/c1-16-12-13-19-23-20(18-10-6-3-7-11-18)21(24(19)14-16)22(25)26-15-17-8-4-2-5-9-17/h2-14H,15H2,1H3. The Kier molecular flexibility index (Phi) is 4.23. The number of aryl methyl sites for hydroxylation is 1. The Balaban J connectivity index is 1.76. The van der Waals surface area contributed by atoms with Crippen molar-refractivity contribution >= 4 is 11.6 Å². The molecule has 0 bridgehead atoms. The minimum atomic E-state index is -0.384. The van der Waals surface area contributed by atoms with Crippen LogP contribution in [-0.4, -0.2) is 15.4 Å². The van der Waals surface area contributed by atoms with Gasteiger partial charge in [-0.3, -0.25) is 4.40 Å². The van der Waals surface area contributed by atoms with Crippen LogP contribution in [0.15, 0.2) is 79.0 Å². The smallest absolute Gasteiger partial charge is 0.357 e. The SMILES string of the molecule is Cc1ccc2nc(-c3ccccc3)c(C(=O)OCc3ccccc3)n2c1. The van der Waals surface area contributed by atoms with Crippen molar-refractivity contribution in [3.8, 4) is 11.3 Å². The summed E-state index contributed by atoms with van der Waals surface area (Å²) >= 11 is 0. The highest BCUT2D eigenvalue weighted by Gasteiger charge is 2.22. The zero-order valence-electron chi connectivity index (χ0n) is 14.4. The molecule has 2 heterocycles. The fourth-order valence-corrected chi connectivity index (χ4v) is 2.93. The number of hydrogen-bond donors (Lipinski definition) is 0. The van der Waals surface area contributed by atoms with Crippen molar-refractivity contribution in [3.63, 3.8) is 0 Å². The molecule has 4 aromatic rings. The molecular formula is C22H18N2O2. The van der Waals surface area contributed by atoms with Crippen molar-refractivity contribution in [2.45, 2.75) is 13.5 Å². The number of pyridine rings is 1. The summed E-state index contributed by atoms with van der Waals surface area (Å²) < 4.78 is 7.39. The van der Waals surface area contributed by atoms with E-state index in [0.29, 0.717) is 11.4 Å². The van der Waals surface area contributed by atoms with Crippen molar-refractivity contribution in [2.75, 3.05) is 0 Å². The number of nitrogens with zero attached hydrogens (tertiary/aromatic N) is 2. The predicted molar refractivity (Wildman–Crippen MR) is 101 cm³/mol. The molecular weight excluding hydrogens is 324 g/mol. The summed E-state index contributed by atoms with van der Waals surface area (Å²) in [5, 5.41) is 0. The van der Waals surface area contributed by atoms with Gasteiger partial charge in [-0.15, -0.1) is 0 Å². The first-order valence-electron chi connectivity index (χ1n) is 8.47. The van der Waals surface area contributed by atoms with Gasteiger partial charge in [0, 0.05) is 11.8 Å². The summed E-state index contributed by atoms with van der Waals surface area (Å²) in [6.07, 6.45) is 1.91. The number of rotatable bonds is 4. The molecule has 4 heteroatoms. The van der Waals surface area contributed by atoms with Crippen LogP contribution in [0.4, 0.5) is 0 Å². The van der Waals surface area contributed by atoms with Gasteiger partial charge in [-0.2, -0.15) is 0 Å². The molecule has 128 valence electrons. The maximum atomic E-state index is 12.9.